The number of nitrogens with zero attached hydrogens (tertiary/aromatic N) is 1. The largest absolute Gasteiger partial charge is 0.377 e. The molecule has 3 nitrogen and oxygen atoms in total. The molecular formula is C12H26N2O. The molecule has 1 heterocycles. The fourth-order valence-corrected chi connectivity index (χ4v) is 2.29. The molecule has 15 heavy (non-hydrogen) atoms. The highest BCUT2D eigenvalue weighted by Crippen LogP contribution is 2.15. The fraction of sp³-hybridized carbons (Fsp3) is 1.00. The Balaban J connectivity index is 2.11. The van der Waals surface area contributed by atoms with Gasteiger partial charge in [-0.05, 0) is 32.4 Å². The van der Waals surface area contributed by atoms with Gasteiger partial charge in [-0.25, -0.2) is 0 Å². The van der Waals surface area contributed by atoms with Crippen LogP contribution in [0.25, 0.3) is 0 Å². The van der Waals surface area contributed by atoms with Crippen molar-refractivity contribution in [2.45, 2.75) is 32.8 Å². The van der Waals surface area contributed by atoms with Crippen LogP contribution in [0.2, 0.25) is 0 Å². The number of hydrogen-bond donors (Lipinski definition) is 1. The molecule has 0 aromatic carbocycles. The van der Waals surface area contributed by atoms with Crippen molar-refractivity contribution in [3.63, 3.8) is 0 Å². The first kappa shape index (κ1) is 12.9. The first-order chi connectivity index (χ1) is 6.99. The number of nitrogens with one attached hydrogen (secondary N) is 1. The molecule has 0 bridgehead atoms. The van der Waals surface area contributed by atoms with Gasteiger partial charge >= 0.3 is 0 Å². The summed E-state index contributed by atoms with van der Waals surface area (Å²) in [5, 5.41) is 3.52. The molecule has 1 aliphatic rings. The summed E-state index contributed by atoms with van der Waals surface area (Å²) in [7, 11) is 4.25. The topological polar surface area (TPSA) is 24.5 Å². The Morgan fingerprint density at radius 1 is 1.40 bits per heavy atom. The molecule has 0 saturated carbocycles. The maximum absolute atomic E-state index is 5.58. The molecule has 1 fully saturated rings. The monoisotopic (exact) mass is 214 g/mol. The minimum absolute atomic E-state index is 0.335. The number of ether oxygens (including phenoxy) is 1. The van der Waals surface area contributed by atoms with E-state index >= 15 is 0 Å². The summed E-state index contributed by atoms with van der Waals surface area (Å²) in [5.74, 6) is 0. The third kappa shape index (κ3) is 5.50. The molecule has 1 N–H and O–H groups in total. The molecule has 90 valence electrons. The molecule has 0 aromatic rings. The van der Waals surface area contributed by atoms with Crippen molar-refractivity contribution in [2.24, 2.45) is 5.41 Å². The molecule has 0 spiro atoms. The average Bonchev–Trinajstić information content (AvgIpc) is 2.53. The lowest BCUT2D eigenvalue weighted by atomic mass is 9.93. The molecule has 0 aromatic heterocycles. The van der Waals surface area contributed by atoms with Gasteiger partial charge in [0.1, 0.15) is 0 Å². The van der Waals surface area contributed by atoms with E-state index < -0.39 is 0 Å². The maximum atomic E-state index is 5.58. The van der Waals surface area contributed by atoms with Gasteiger partial charge in [-0.2, -0.15) is 0 Å². The van der Waals surface area contributed by atoms with E-state index in [1.165, 1.54) is 12.8 Å². The zero-order valence-corrected chi connectivity index (χ0v) is 10.7. The van der Waals surface area contributed by atoms with Gasteiger partial charge in [0.2, 0.25) is 0 Å². The summed E-state index contributed by atoms with van der Waals surface area (Å²) < 4.78 is 5.58. The van der Waals surface area contributed by atoms with Crippen molar-refractivity contribution in [2.75, 3.05) is 40.3 Å². The van der Waals surface area contributed by atoms with Gasteiger partial charge in [-0.3, -0.25) is 0 Å². The van der Waals surface area contributed by atoms with Gasteiger partial charge in [-0.15, -0.1) is 0 Å². The van der Waals surface area contributed by atoms with E-state index in [9.17, 15) is 0 Å². The van der Waals surface area contributed by atoms with E-state index in [4.69, 9.17) is 4.74 Å². The number of rotatable bonds is 6. The van der Waals surface area contributed by atoms with Gasteiger partial charge in [0.15, 0.2) is 0 Å². The Bertz CT molecular complexity index is 174. The summed E-state index contributed by atoms with van der Waals surface area (Å²) in [5.41, 5.74) is 0.335. The van der Waals surface area contributed by atoms with E-state index in [1.807, 2.05) is 0 Å². The lowest BCUT2D eigenvalue weighted by Crippen LogP contribution is -2.40. The standard InChI is InChI=1S/C12H26N2O/c1-12(2,10-14(3)4)9-13-8-11-6-5-7-15-11/h11,13H,5-10H2,1-4H3. The second-order valence-electron chi connectivity index (χ2n) is 5.67. The molecule has 0 radical (unpaired) electrons. The van der Waals surface area contributed by atoms with E-state index in [0.717, 1.165) is 26.2 Å². The summed E-state index contributed by atoms with van der Waals surface area (Å²) >= 11 is 0. The lowest BCUT2D eigenvalue weighted by molar-refractivity contribution is 0.106. The lowest BCUT2D eigenvalue weighted by Gasteiger charge is -2.29. The van der Waals surface area contributed by atoms with E-state index in [0.29, 0.717) is 11.5 Å². The molecule has 3 heteroatoms. The van der Waals surface area contributed by atoms with Gasteiger partial charge in [0, 0.05) is 26.2 Å². The predicted octanol–water partition coefficient (Wildman–Crippen LogP) is 1.34. The second-order valence-corrected chi connectivity index (χ2v) is 5.67. The third-order valence-corrected chi connectivity index (χ3v) is 2.74. The third-order valence-electron chi connectivity index (χ3n) is 2.74. The van der Waals surface area contributed by atoms with Crippen LogP contribution >= 0.6 is 0 Å². The van der Waals surface area contributed by atoms with Crippen molar-refractivity contribution < 1.29 is 4.74 Å². The summed E-state index contributed by atoms with van der Waals surface area (Å²) in [6.45, 7) is 8.74. The molecule has 0 amide bonds. The Hall–Kier alpha value is -0.120. The highest BCUT2D eigenvalue weighted by atomic mass is 16.5. The van der Waals surface area contributed by atoms with E-state index in [1.54, 1.807) is 0 Å². The van der Waals surface area contributed by atoms with Crippen LogP contribution in [0.1, 0.15) is 26.7 Å². The van der Waals surface area contributed by atoms with Gasteiger partial charge < -0.3 is 15.0 Å². The van der Waals surface area contributed by atoms with E-state index in [-0.39, 0.29) is 0 Å². The molecule has 1 saturated heterocycles. The van der Waals surface area contributed by atoms with Gasteiger partial charge in [0.05, 0.1) is 6.10 Å². The van der Waals surface area contributed by atoms with Crippen LogP contribution in [0.4, 0.5) is 0 Å². The molecule has 1 aliphatic heterocycles. The van der Waals surface area contributed by atoms with Crippen molar-refractivity contribution in [1.29, 1.82) is 0 Å². The van der Waals surface area contributed by atoms with Crippen LogP contribution in [0.15, 0.2) is 0 Å². The Morgan fingerprint density at radius 2 is 2.13 bits per heavy atom. The summed E-state index contributed by atoms with van der Waals surface area (Å²) in [6, 6.07) is 0. The number of hydrogen-bond acceptors (Lipinski definition) is 3. The van der Waals surface area contributed by atoms with E-state index in [2.05, 4.69) is 38.2 Å². The highest BCUT2D eigenvalue weighted by molar-refractivity contribution is 4.76. The smallest absolute Gasteiger partial charge is 0.0700 e. The minimum atomic E-state index is 0.335. The molecule has 0 aliphatic carbocycles. The molecular weight excluding hydrogens is 188 g/mol. The van der Waals surface area contributed by atoms with Crippen LogP contribution in [0.3, 0.4) is 0 Å². The first-order valence-corrected chi connectivity index (χ1v) is 5.97. The quantitative estimate of drug-likeness (QED) is 0.722. The Kier molecular flexibility index (Phi) is 5.03. The van der Waals surface area contributed by atoms with Crippen LogP contribution < -0.4 is 5.32 Å². The average molecular weight is 214 g/mol. The SMILES string of the molecule is CN(C)CC(C)(C)CNCC1CCCO1. The van der Waals surface area contributed by atoms with Crippen LogP contribution in [-0.2, 0) is 4.74 Å². The fourth-order valence-electron chi connectivity index (χ4n) is 2.29. The first-order valence-electron chi connectivity index (χ1n) is 5.97. The normalized spacial score (nSPS) is 22.6. The zero-order valence-electron chi connectivity index (χ0n) is 10.7. The van der Waals surface area contributed by atoms with Crippen LogP contribution in [0.5, 0.6) is 0 Å². The van der Waals surface area contributed by atoms with Gasteiger partial charge in [-0.1, -0.05) is 13.8 Å². The van der Waals surface area contributed by atoms with Crippen molar-refractivity contribution in [3.8, 4) is 0 Å². The second kappa shape index (κ2) is 5.83. The maximum Gasteiger partial charge on any atom is 0.0700 e. The molecule has 1 unspecified atom stereocenters. The molecule has 1 atom stereocenters. The zero-order chi connectivity index (χ0) is 11.3. The van der Waals surface area contributed by atoms with Crippen molar-refractivity contribution in [3.05, 3.63) is 0 Å². The van der Waals surface area contributed by atoms with Crippen molar-refractivity contribution >= 4 is 0 Å². The minimum Gasteiger partial charge on any atom is -0.377 e. The van der Waals surface area contributed by atoms with Crippen LogP contribution in [-0.4, -0.2) is 51.3 Å². The predicted molar refractivity (Wildman–Crippen MR) is 64.2 cm³/mol. The Labute approximate surface area is 94.2 Å². The summed E-state index contributed by atoms with van der Waals surface area (Å²) in [6.07, 6.45) is 2.91. The van der Waals surface area contributed by atoms with Crippen LogP contribution in [0, 0.1) is 5.41 Å². The Morgan fingerprint density at radius 3 is 2.67 bits per heavy atom. The summed E-state index contributed by atoms with van der Waals surface area (Å²) in [4.78, 5) is 2.24. The van der Waals surface area contributed by atoms with Crippen molar-refractivity contribution in [1.82, 2.24) is 10.2 Å². The molecule has 1 rings (SSSR count). The highest BCUT2D eigenvalue weighted by Gasteiger charge is 2.20. The van der Waals surface area contributed by atoms with Gasteiger partial charge in [0.25, 0.3) is 0 Å².